The van der Waals surface area contributed by atoms with Crippen molar-refractivity contribution in [2.45, 2.75) is 6.54 Å². The van der Waals surface area contributed by atoms with Gasteiger partial charge in [0, 0.05) is 16.7 Å². The standard InChI is InChI=1S/C20H22BrN3O5S/c1-28-17-7-13(5-6-16(17)29-10-18(22)25)9-23-19(26)11-30-12-20(27)24-15-4-2-3-14(21)8-15/h2-8H,9-12H2,1H3,(H2,22,25)(H,23,26)(H,24,27). The van der Waals surface area contributed by atoms with Gasteiger partial charge in [0.2, 0.25) is 11.8 Å². The molecule has 2 aromatic rings. The first kappa shape index (κ1) is 23.6. The summed E-state index contributed by atoms with van der Waals surface area (Å²) in [5.74, 6) is 0.185. The second-order valence-electron chi connectivity index (χ2n) is 6.07. The summed E-state index contributed by atoms with van der Waals surface area (Å²) in [6.07, 6.45) is 0. The molecule has 0 saturated heterocycles. The van der Waals surface area contributed by atoms with Crippen molar-refractivity contribution in [1.29, 1.82) is 0 Å². The second-order valence-corrected chi connectivity index (χ2v) is 7.97. The number of thioether (sulfide) groups is 1. The summed E-state index contributed by atoms with van der Waals surface area (Å²) in [4.78, 5) is 34.8. The fourth-order valence-electron chi connectivity index (χ4n) is 2.34. The molecule has 2 aromatic carbocycles. The molecule has 0 fully saturated rings. The van der Waals surface area contributed by atoms with Gasteiger partial charge in [0.25, 0.3) is 5.91 Å². The van der Waals surface area contributed by atoms with Crippen LogP contribution in [0.4, 0.5) is 5.69 Å². The molecule has 4 N–H and O–H groups in total. The first-order valence-electron chi connectivity index (χ1n) is 8.85. The van der Waals surface area contributed by atoms with E-state index in [-0.39, 0.29) is 36.5 Å². The van der Waals surface area contributed by atoms with Crippen LogP contribution in [-0.2, 0) is 20.9 Å². The predicted octanol–water partition coefficient (Wildman–Crippen LogP) is 2.31. The highest BCUT2D eigenvalue weighted by Crippen LogP contribution is 2.28. The van der Waals surface area contributed by atoms with Crippen LogP contribution >= 0.6 is 27.7 Å². The first-order chi connectivity index (χ1) is 14.4. The number of halogens is 1. The van der Waals surface area contributed by atoms with Crippen molar-refractivity contribution in [1.82, 2.24) is 5.32 Å². The van der Waals surface area contributed by atoms with E-state index in [0.29, 0.717) is 17.2 Å². The van der Waals surface area contributed by atoms with Crippen LogP contribution < -0.4 is 25.8 Å². The lowest BCUT2D eigenvalue weighted by atomic mass is 10.2. The number of rotatable bonds is 11. The Kier molecular flexibility index (Phi) is 9.49. The highest BCUT2D eigenvalue weighted by molar-refractivity contribution is 9.10. The molecule has 0 aliphatic carbocycles. The number of nitrogens with one attached hydrogen (secondary N) is 2. The van der Waals surface area contributed by atoms with Crippen LogP contribution in [0.2, 0.25) is 0 Å². The largest absolute Gasteiger partial charge is 0.493 e. The molecule has 0 aromatic heterocycles. The van der Waals surface area contributed by atoms with Crippen LogP contribution in [0.3, 0.4) is 0 Å². The number of carbonyl (C=O) groups is 3. The van der Waals surface area contributed by atoms with Crippen LogP contribution in [0.15, 0.2) is 46.9 Å². The molecule has 8 nitrogen and oxygen atoms in total. The van der Waals surface area contributed by atoms with E-state index in [1.807, 2.05) is 12.1 Å². The Morgan fingerprint density at radius 3 is 2.53 bits per heavy atom. The molecular weight excluding hydrogens is 474 g/mol. The van der Waals surface area contributed by atoms with Crippen molar-refractivity contribution in [2.75, 3.05) is 30.5 Å². The van der Waals surface area contributed by atoms with E-state index in [1.54, 1.807) is 30.3 Å². The second kappa shape index (κ2) is 12.1. The van der Waals surface area contributed by atoms with Gasteiger partial charge in [0.1, 0.15) is 0 Å². The van der Waals surface area contributed by atoms with Crippen molar-refractivity contribution in [3.05, 3.63) is 52.5 Å². The fourth-order valence-corrected chi connectivity index (χ4v) is 3.39. The van der Waals surface area contributed by atoms with Crippen LogP contribution in [0.25, 0.3) is 0 Å². The van der Waals surface area contributed by atoms with Crippen LogP contribution in [0.1, 0.15) is 5.56 Å². The minimum Gasteiger partial charge on any atom is -0.493 e. The Bertz CT molecular complexity index is 910. The van der Waals surface area contributed by atoms with E-state index in [1.165, 1.54) is 18.9 Å². The first-order valence-corrected chi connectivity index (χ1v) is 10.8. The van der Waals surface area contributed by atoms with Gasteiger partial charge in [0.05, 0.1) is 18.6 Å². The van der Waals surface area contributed by atoms with Crippen LogP contribution in [-0.4, -0.2) is 42.9 Å². The quantitative estimate of drug-likeness (QED) is 0.439. The van der Waals surface area contributed by atoms with E-state index in [2.05, 4.69) is 26.6 Å². The minimum atomic E-state index is -0.587. The average Bonchev–Trinajstić information content (AvgIpc) is 2.70. The normalized spacial score (nSPS) is 10.2. The molecular formula is C20H22BrN3O5S. The van der Waals surface area contributed by atoms with Gasteiger partial charge in [-0.2, -0.15) is 0 Å². The summed E-state index contributed by atoms with van der Waals surface area (Å²) in [5, 5.41) is 5.56. The number of carbonyl (C=O) groups excluding carboxylic acids is 3. The lowest BCUT2D eigenvalue weighted by Crippen LogP contribution is -2.25. The third-order valence-electron chi connectivity index (χ3n) is 3.66. The monoisotopic (exact) mass is 495 g/mol. The maximum atomic E-state index is 12.0. The van der Waals surface area contributed by atoms with Gasteiger partial charge in [-0.25, -0.2) is 0 Å². The Labute approximate surface area is 187 Å². The lowest BCUT2D eigenvalue weighted by molar-refractivity contribution is -0.120. The Morgan fingerprint density at radius 2 is 1.83 bits per heavy atom. The number of amides is 3. The number of methoxy groups -OCH3 is 1. The van der Waals surface area contributed by atoms with Gasteiger partial charge >= 0.3 is 0 Å². The minimum absolute atomic E-state index is 0.156. The van der Waals surface area contributed by atoms with Gasteiger partial charge in [-0.15, -0.1) is 11.8 Å². The lowest BCUT2D eigenvalue weighted by Gasteiger charge is -2.12. The summed E-state index contributed by atoms with van der Waals surface area (Å²) >= 11 is 4.57. The number of primary amides is 1. The molecule has 0 aliphatic heterocycles. The van der Waals surface area contributed by atoms with E-state index >= 15 is 0 Å². The molecule has 0 spiro atoms. The highest BCUT2D eigenvalue weighted by Gasteiger charge is 2.09. The topological polar surface area (TPSA) is 120 Å². The third kappa shape index (κ3) is 8.34. The van der Waals surface area contributed by atoms with Crippen molar-refractivity contribution in [3.8, 4) is 11.5 Å². The van der Waals surface area contributed by atoms with Crippen molar-refractivity contribution in [3.63, 3.8) is 0 Å². The molecule has 2 rings (SSSR count). The molecule has 0 radical (unpaired) electrons. The van der Waals surface area contributed by atoms with Crippen LogP contribution in [0, 0.1) is 0 Å². The summed E-state index contributed by atoms with van der Waals surface area (Å²) < 4.78 is 11.4. The van der Waals surface area contributed by atoms with Gasteiger partial charge < -0.3 is 25.8 Å². The van der Waals surface area contributed by atoms with Gasteiger partial charge in [0.15, 0.2) is 18.1 Å². The number of nitrogens with two attached hydrogens (primary N) is 1. The third-order valence-corrected chi connectivity index (χ3v) is 5.09. The highest BCUT2D eigenvalue weighted by atomic mass is 79.9. The van der Waals surface area contributed by atoms with E-state index in [4.69, 9.17) is 15.2 Å². The van der Waals surface area contributed by atoms with E-state index < -0.39 is 5.91 Å². The summed E-state index contributed by atoms with van der Waals surface area (Å²) in [7, 11) is 1.48. The molecule has 160 valence electrons. The fraction of sp³-hybridized carbons (Fsp3) is 0.250. The number of hydrogen-bond donors (Lipinski definition) is 3. The Balaban J connectivity index is 1.73. The summed E-state index contributed by atoms with van der Waals surface area (Å²) in [6.45, 7) is 0.0366. The number of anilines is 1. The number of ether oxygens (including phenoxy) is 2. The average molecular weight is 496 g/mol. The predicted molar refractivity (Wildman–Crippen MR) is 120 cm³/mol. The molecule has 30 heavy (non-hydrogen) atoms. The van der Waals surface area contributed by atoms with Gasteiger partial charge in [-0.1, -0.05) is 28.1 Å². The molecule has 0 saturated carbocycles. The molecule has 0 aliphatic rings. The van der Waals surface area contributed by atoms with E-state index in [9.17, 15) is 14.4 Å². The maximum Gasteiger partial charge on any atom is 0.255 e. The molecule has 0 atom stereocenters. The van der Waals surface area contributed by atoms with Gasteiger partial charge in [-0.05, 0) is 35.9 Å². The number of benzene rings is 2. The summed E-state index contributed by atoms with van der Waals surface area (Å²) in [5.41, 5.74) is 6.55. The Morgan fingerprint density at radius 1 is 1.07 bits per heavy atom. The molecule has 3 amide bonds. The van der Waals surface area contributed by atoms with Crippen molar-refractivity contribution in [2.24, 2.45) is 5.73 Å². The van der Waals surface area contributed by atoms with Crippen molar-refractivity contribution < 1.29 is 23.9 Å². The van der Waals surface area contributed by atoms with Crippen LogP contribution in [0.5, 0.6) is 11.5 Å². The summed E-state index contributed by atoms with van der Waals surface area (Å²) in [6, 6.07) is 12.4. The van der Waals surface area contributed by atoms with E-state index in [0.717, 1.165) is 10.0 Å². The molecule has 10 heteroatoms. The van der Waals surface area contributed by atoms with Crippen molar-refractivity contribution >= 4 is 51.1 Å². The Hall–Kier alpha value is -2.72. The zero-order valence-corrected chi connectivity index (χ0v) is 18.7. The SMILES string of the molecule is COc1cc(CNC(=O)CSCC(=O)Nc2cccc(Br)c2)ccc1OCC(N)=O. The maximum absolute atomic E-state index is 12.0. The molecule has 0 bridgehead atoms. The van der Waals surface area contributed by atoms with Gasteiger partial charge in [-0.3, -0.25) is 14.4 Å². The molecule has 0 heterocycles. The molecule has 0 unspecified atom stereocenters. The number of hydrogen-bond acceptors (Lipinski definition) is 6. The zero-order chi connectivity index (χ0) is 21.9. The smallest absolute Gasteiger partial charge is 0.255 e. The zero-order valence-electron chi connectivity index (χ0n) is 16.3.